The second kappa shape index (κ2) is 6.13. The summed E-state index contributed by atoms with van der Waals surface area (Å²) >= 11 is 0. The van der Waals surface area contributed by atoms with Crippen LogP contribution in [0.15, 0.2) is 24.3 Å². The Morgan fingerprint density at radius 2 is 2.00 bits per heavy atom. The van der Waals surface area contributed by atoms with Gasteiger partial charge < -0.3 is 15.4 Å². The number of carbonyl (C=O) groups is 1. The summed E-state index contributed by atoms with van der Waals surface area (Å²) in [5.41, 5.74) is 0.790. The van der Waals surface area contributed by atoms with Gasteiger partial charge in [0.2, 0.25) is 5.91 Å². The molecule has 1 saturated heterocycles. The average molecular weight is 288 g/mol. The molecule has 1 amide bonds. The van der Waals surface area contributed by atoms with E-state index < -0.39 is 6.36 Å². The number of alkyl halides is 3. The minimum atomic E-state index is -4.68. The lowest BCUT2D eigenvalue weighted by atomic mass is 10.1. The zero-order valence-electron chi connectivity index (χ0n) is 10.7. The molecular formula is C13H15F3N2O2. The van der Waals surface area contributed by atoms with Gasteiger partial charge in [0.25, 0.3) is 0 Å². The van der Waals surface area contributed by atoms with E-state index in [-0.39, 0.29) is 17.7 Å². The van der Waals surface area contributed by atoms with Crippen LogP contribution in [0.5, 0.6) is 5.75 Å². The molecular weight excluding hydrogens is 273 g/mol. The number of hydrogen-bond donors (Lipinski definition) is 2. The smallest absolute Gasteiger partial charge is 0.406 e. The fourth-order valence-electron chi connectivity index (χ4n) is 2.02. The number of carbonyl (C=O) groups excluding carboxylic acids is 1. The predicted molar refractivity (Wildman–Crippen MR) is 66.0 cm³/mol. The Kier molecular flexibility index (Phi) is 4.49. The standard InChI is InChI=1S/C13H15F3N2O2/c14-13(15,16)20-10-5-3-9(4-6-10)8-18-11-2-1-7-17-12(11)19/h3-6,11,18H,1-2,7-8H2,(H,17,19). The number of hydrogen-bond acceptors (Lipinski definition) is 3. The highest BCUT2D eigenvalue weighted by Gasteiger charge is 2.31. The first kappa shape index (κ1) is 14.6. The van der Waals surface area contributed by atoms with Gasteiger partial charge in [-0.2, -0.15) is 0 Å². The third-order valence-corrected chi connectivity index (χ3v) is 2.99. The highest BCUT2D eigenvalue weighted by molar-refractivity contribution is 5.82. The molecule has 0 spiro atoms. The fourth-order valence-corrected chi connectivity index (χ4v) is 2.02. The van der Waals surface area contributed by atoms with Crippen molar-refractivity contribution in [3.63, 3.8) is 0 Å². The fraction of sp³-hybridized carbons (Fsp3) is 0.462. The zero-order valence-corrected chi connectivity index (χ0v) is 10.7. The summed E-state index contributed by atoms with van der Waals surface area (Å²) in [6.45, 7) is 1.12. The van der Waals surface area contributed by atoms with Crippen molar-refractivity contribution >= 4 is 5.91 Å². The van der Waals surface area contributed by atoms with Crippen molar-refractivity contribution in [2.45, 2.75) is 31.8 Å². The van der Waals surface area contributed by atoms with Crippen LogP contribution in [0.25, 0.3) is 0 Å². The van der Waals surface area contributed by atoms with Crippen LogP contribution in [0.1, 0.15) is 18.4 Å². The molecule has 1 aromatic carbocycles. The van der Waals surface area contributed by atoms with Crippen LogP contribution >= 0.6 is 0 Å². The van der Waals surface area contributed by atoms with E-state index >= 15 is 0 Å². The summed E-state index contributed by atoms with van der Waals surface area (Å²) in [6.07, 6.45) is -3.00. The van der Waals surface area contributed by atoms with Crippen LogP contribution in [-0.2, 0) is 11.3 Å². The van der Waals surface area contributed by atoms with Gasteiger partial charge in [0.1, 0.15) is 5.75 Å². The molecule has 1 aliphatic heterocycles. The molecule has 4 nitrogen and oxygen atoms in total. The zero-order chi connectivity index (χ0) is 14.6. The minimum absolute atomic E-state index is 0.0340. The molecule has 1 atom stereocenters. The van der Waals surface area contributed by atoms with E-state index in [1.807, 2.05) is 0 Å². The Morgan fingerprint density at radius 3 is 2.60 bits per heavy atom. The molecule has 1 heterocycles. The minimum Gasteiger partial charge on any atom is -0.406 e. The molecule has 1 aliphatic rings. The van der Waals surface area contributed by atoms with Crippen molar-refractivity contribution in [2.75, 3.05) is 6.54 Å². The summed E-state index contributed by atoms with van der Waals surface area (Å²) in [7, 11) is 0. The van der Waals surface area contributed by atoms with Crippen molar-refractivity contribution in [3.8, 4) is 5.75 Å². The maximum atomic E-state index is 12.0. The van der Waals surface area contributed by atoms with Crippen molar-refractivity contribution in [2.24, 2.45) is 0 Å². The van der Waals surface area contributed by atoms with Crippen LogP contribution in [0.4, 0.5) is 13.2 Å². The lowest BCUT2D eigenvalue weighted by molar-refractivity contribution is -0.274. The molecule has 2 rings (SSSR count). The first-order chi connectivity index (χ1) is 9.44. The quantitative estimate of drug-likeness (QED) is 0.890. The monoisotopic (exact) mass is 288 g/mol. The number of ether oxygens (including phenoxy) is 1. The molecule has 110 valence electrons. The predicted octanol–water partition coefficient (Wildman–Crippen LogP) is 1.95. The van der Waals surface area contributed by atoms with E-state index in [1.165, 1.54) is 24.3 Å². The van der Waals surface area contributed by atoms with Gasteiger partial charge in [0.05, 0.1) is 6.04 Å². The van der Waals surface area contributed by atoms with Gasteiger partial charge in [-0.1, -0.05) is 12.1 Å². The highest BCUT2D eigenvalue weighted by atomic mass is 19.4. The molecule has 1 unspecified atom stereocenters. The molecule has 20 heavy (non-hydrogen) atoms. The average Bonchev–Trinajstić information content (AvgIpc) is 2.38. The number of amides is 1. The van der Waals surface area contributed by atoms with Crippen LogP contribution < -0.4 is 15.4 Å². The van der Waals surface area contributed by atoms with Crippen LogP contribution in [0.2, 0.25) is 0 Å². The van der Waals surface area contributed by atoms with Gasteiger partial charge in [-0.15, -0.1) is 13.2 Å². The van der Waals surface area contributed by atoms with E-state index in [9.17, 15) is 18.0 Å². The van der Waals surface area contributed by atoms with Crippen LogP contribution in [-0.4, -0.2) is 24.9 Å². The maximum Gasteiger partial charge on any atom is 0.573 e. The van der Waals surface area contributed by atoms with Crippen LogP contribution in [0, 0.1) is 0 Å². The first-order valence-electron chi connectivity index (χ1n) is 6.30. The Morgan fingerprint density at radius 1 is 1.30 bits per heavy atom. The van der Waals surface area contributed by atoms with Crippen molar-refractivity contribution in [1.82, 2.24) is 10.6 Å². The number of rotatable bonds is 4. The topological polar surface area (TPSA) is 50.4 Å². The molecule has 0 radical (unpaired) electrons. The normalized spacial score (nSPS) is 19.6. The molecule has 0 bridgehead atoms. The number of halogens is 3. The van der Waals surface area contributed by atoms with Gasteiger partial charge in [-0.25, -0.2) is 0 Å². The Labute approximate surface area is 114 Å². The second-order valence-electron chi connectivity index (χ2n) is 4.56. The first-order valence-corrected chi connectivity index (χ1v) is 6.30. The molecule has 1 aromatic rings. The highest BCUT2D eigenvalue weighted by Crippen LogP contribution is 2.22. The molecule has 0 saturated carbocycles. The van der Waals surface area contributed by atoms with Crippen molar-refractivity contribution in [3.05, 3.63) is 29.8 Å². The number of benzene rings is 1. The van der Waals surface area contributed by atoms with Gasteiger partial charge in [-0.3, -0.25) is 4.79 Å². The largest absolute Gasteiger partial charge is 0.573 e. The number of nitrogens with one attached hydrogen (secondary N) is 2. The van der Waals surface area contributed by atoms with E-state index in [0.717, 1.165) is 18.4 Å². The third kappa shape index (κ3) is 4.41. The third-order valence-electron chi connectivity index (χ3n) is 2.99. The molecule has 0 aromatic heterocycles. The van der Waals surface area contributed by atoms with E-state index in [4.69, 9.17) is 0 Å². The van der Waals surface area contributed by atoms with E-state index in [0.29, 0.717) is 13.1 Å². The Balaban J connectivity index is 1.86. The number of piperidine rings is 1. The lowest BCUT2D eigenvalue weighted by Gasteiger charge is -2.22. The summed E-state index contributed by atoms with van der Waals surface area (Å²) in [5, 5.41) is 5.84. The SMILES string of the molecule is O=C1NCCCC1NCc1ccc(OC(F)(F)F)cc1. The van der Waals surface area contributed by atoms with Gasteiger partial charge in [0.15, 0.2) is 0 Å². The summed E-state index contributed by atoms with van der Waals surface area (Å²) in [5.74, 6) is -0.287. The van der Waals surface area contributed by atoms with E-state index in [2.05, 4.69) is 15.4 Å². The van der Waals surface area contributed by atoms with Gasteiger partial charge in [0, 0.05) is 13.1 Å². The van der Waals surface area contributed by atoms with E-state index in [1.54, 1.807) is 0 Å². The Bertz CT molecular complexity index is 460. The molecule has 7 heteroatoms. The summed E-state index contributed by atoms with van der Waals surface area (Å²) in [4.78, 5) is 11.5. The van der Waals surface area contributed by atoms with Crippen molar-refractivity contribution < 1.29 is 22.7 Å². The van der Waals surface area contributed by atoms with Gasteiger partial charge >= 0.3 is 6.36 Å². The second-order valence-corrected chi connectivity index (χ2v) is 4.56. The summed E-state index contributed by atoms with van der Waals surface area (Å²) in [6, 6.07) is 5.34. The Hall–Kier alpha value is -1.76. The molecule has 1 fully saturated rings. The van der Waals surface area contributed by atoms with Crippen LogP contribution in [0.3, 0.4) is 0 Å². The van der Waals surface area contributed by atoms with Crippen molar-refractivity contribution in [1.29, 1.82) is 0 Å². The summed E-state index contributed by atoms with van der Waals surface area (Å²) < 4.78 is 39.8. The molecule has 0 aliphatic carbocycles. The maximum absolute atomic E-state index is 12.0. The van der Waals surface area contributed by atoms with Gasteiger partial charge in [-0.05, 0) is 30.5 Å². The lowest BCUT2D eigenvalue weighted by Crippen LogP contribution is -2.47. The molecule has 2 N–H and O–H groups in total.